The zero-order valence-electron chi connectivity index (χ0n) is 7.22. The summed E-state index contributed by atoms with van der Waals surface area (Å²) in [5.41, 5.74) is 6.92. The molecule has 1 aromatic rings. The third kappa shape index (κ3) is 4.88. The Kier molecular flexibility index (Phi) is 9.24. The molecule has 0 spiro atoms. The van der Waals surface area contributed by atoms with Crippen LogP contribution >= 0.6 is 24.8 Å². The molecular weight excluding hydrogens is 207 g/mol. The average Bonchev–Trinajstić information content (AvgIpc) is 2.07. The Morgan fingerprint density at radius 1 is 1.38 bits per heavy atom. The molecule has 1 atom stereocenters. The predicted octanol–water partition coefficient (Wildman–Crippen LogP) is 2.50. The maximum Gasteiger partial charge on any atom is 0.0330 e. The summed E-state index contributed by atoms with van der Waals surface area (Å²) in [6.07, 6.45) is 6.13. The highest BCUT2D eigenvalue weighted by molar-refractivity contribution is 5.85. The summed E-state index contributed by atoms with van der Waals surface area (Å²) >= 11 is 0. The van der Waals surface area contributed by atoms with Gasteiger partial charge in [0.1, 0.15) is 0 Å². The summed E-state index contributed by atoms with van der Waals surface area (Å²) in [6.45, 7) is 3.63. The van der Waals surface area contributed by atoms with Gasteiger partial charge >= 0.3 is 0 Å². The fraction of sp³-hybridized carbons (Fsp3) is 0.222. The van der Waals surface area contributed by atoms with Gasteiger partial charge in [0.05, 0.1) is 0 Å². The van der Waals surface area contributed by atoms with Crippen LogP contribution in [0.3, 0.4) is 0 Å². The number of halogens is 2. The van der Waals surface area contributed by atoms with E-state index in [1.165, 1.54) is 0 Å². The van der Waals surface area contributed by atoms with Crippen molar-refractivity contribution >= 4 is 24.8 Å². The first-order chi connectivity index (χ1) is 5.34. The number of nitrogens with zero attached hydrogens (tertiary/aromatic N) is 1. The lowest BCUT2D eigenvalue weighted by atomic mass is 10.1. The minimum absolute atomic E-state index is 0. The van der Waals surface area contributed by atoms with Gasteiger partial charge in [-0.1, -0.05) is 6.08 Å². The maximum atomic E-state index is 5.81. The molecule has 0 aliphatic carbocycles. The van der Waals surface area contributed by atoms with Crippen LogP contribution in [0.25, 0.3) is 0 Å². The molecule has 2 nitrogen and oxygen atoms in total. The minimum atomic E-state index is 0. The van der Waals surface area contributed by atoms with Crippen LogP contribution in [0.5, 0.6) is 0 Å². The number of hydrogen-bond acceptors (Lipinski definition) is 2. The molecule has 0 saturated heterocycles. The molecule has 0 amide bonds. The fourth-order valence-corrected chi connectivity index (χ4v) is 0.926. The molecule has 0 aliphatic rings. The van der Waals surface area contributed by atoms with Gasteiger partial charge < -0.3 is 5.73 Å². The highest BCUT2D eigenvalue weighted by atomic mass is 35.5. The van der Waals surface area contributed by atoms with Crippen LogP contribution in [0.2, 0.25) is 0 Å². The van der Waals surface area contributed by atoms with Gasteiger partial charge in [0.15, 0.2) is 0 Å². The Labute approximate surface area is 91.1 Å². The number of pyridine rings is 1. The first kappa shape index (κ1) is 14.9. The smallest absolute Gasteiger partial charge is 0.0330 e. The number of hydrogen-bond donors (Lipinski definition) is 1. The van der Waals surface area contributed by atoms with Crippen molar-refractivity contribution < 1.29 is 0 Å². The van der Waals surface area contributed by atoms with Crippen molar-refractivity contribution in [2.45, 2.75) is 12.5 Å². The Morgan fingerprint density at radius 3 is 2.38 bits per heavy atom. The molecule has 0 fully saturated rings. The van der Waals surface area contributed by atoms with E-state index in [0.29, 0.717) is 0 Å². The fourth-order valence-electron chi connectivity index (χ4n) is 0.926. The normalized spacial score (nSPS) is 10.5. The topological polar surface area (TPSA) is 38.9 Å². The van der Waals surface area contributed by atoms with Gasteiger partial charge in [0, 0.05) is 18.4 Å². The maximum absolute atomic E-state index is 5.81. The van der Waals surface area contributed by atoms with Crippen LogP contribution in [-0.2, 0) is 0 Å². The first-order valence-electron chi connectivity index (χ1n) is 3.61. The van der Waals surface area contributed by atoms with Crippen molar-refractivity contribution in [3.8, 4) is 0 Å². The zero-order chi connectivity index (χ0) is 8.10. The van der Waals surface area contributed by atoms with E-state index in [1.807, 2.05) is 18.2 Å². The van der Waals surface area contributed by atoms with Gasteiger partial charge in [-0.05, 0) is 24.1 Å². The molecule has 1 rings (SSSR count). The van der Waals surface area contributed by atoms with Crippen LogP contribution in [0, 0.1) is 0 Å². The number of rotatable bonds is 3. The largest absolute Gasteiger partial charge is 0.324 e. The lowest BCUT2D eigenvalue weighted by Crippen LogP contribution is -2.08. The number of nitrogens with two attached hydrogens (primary N) is 1. The lowest BCUT2D eigenvalue weighted by molar-refractivity contribution is 0.740. The van der Waals surface area contributed by atoms with Gasteiger partial charge in [0.25, 0.3) is 0 Å². The summed E-state index contributed by atoms with van der Waals surface area (Å²) in [5, 5.41) is 0. The Balaban J connectivity index is 0. The summed E-state index contributed by atoms with van der Waals surface area (Å²) < 4.78 is 0. The van der Waals surface area contributed by atoms with Gasteiger partial charge in [0.2, 0.25) is 0 Å². The Morgan fingerprint density at radius 2 is 1.92 bits per heavy atom. The molecule has 1 unspecified atom stereocenters. The van der Waals surface area contributed by atoms with E-state index >= 15 is 0 Å². The van der Waals surface area contributed by atoms with Crippen molar-refractivity contribution in [1.29, 1.82) is 0 Å². The first-order valence-corrected chi connectivity index (χ1v) is 3.61. The third-order valence-electron chi connectivity index (χ3n) is 1.55. The van der Waals surface area contributed by atoms with E-state index in [-0.39, 0.29) is 30.9 Å². The standard InChI is InChI=1S/C9H12N2.2ClH/c1-2-3-9(10)8-4-6-11-7-5-8;;/h2,4-7,9H,1,3,10H2;2*1H. The third-order valence-corrected chi connectivity index (χ3v) is 1.55. The van der Waals surface area contributed by atoms with Crippen LogP contribution in [0.15, 0.2) is 37.2 Å². The quantitative estimate of drug-likeness (QED) is 0.796. The molecule has 0 radical (unpaired) electrons. The monoisotopic (exact) mass is 220 g/mol. The van der Waals surface area contributed by atoms with Crippen molar-refractivity contribution in [2.24, 2.45) is 5.73 Å². The summed E-state index contributed by atoms with van der Waals surface area (Å²) in [4.78, 5) is 3.91. The van der Waals surface area contributed by atoms with E-state index in [1.54, 1.807) is 12.4 Å². The molecule has 4 heteroatoms. The van der Waals surface area contributed by atoms with Crippen LogP contribution < -0.4 is 5.73 Å². The Hall–Kier alpha value is -0.570. The van der Waals surface area contributed by atoms with E-state index < -0.39 is 0 Å². The van der Waals surface area contributed by atoms with E-state index in [4.69, 9.17) is 5.73 Å². The van der Waals surface area contributed by atoms with E-state index in [9.17, 15) is 0 Å². The molecule has 1 heterocycles. The summed E-state index contributed by atoms with van der Waals surface area (Å²) in [5.74, 6) is 0. The molecule has 2 N–H and O–H groups in total. The second-order valence-corrected chi connectivity index (χ2v) is 2.41. The van der Waals surface area contributed by atoms with Crippen LogP contribution in [-0.4, -0.2) is 4.98 Å². The molecule has 1 aromatic heterocycles. The average molecular weight is 221 g/mol. The SMILES string of the molecule is C=CCC(N)c1ccncc1.Cl.Cl. The second-order valence-electron chi connectivity index (χ2n) is 2.41. The molecule has 13 heavy (non-hydrogen) atoms. The van der Waals surface area contributed by atoms with E-state index in [2.05, 4.69) is 11.6 Å². The van der Waals surface area contributed by atoms with Crippen LogP contribution in [0.4, 0.5) is 0 Å². The Bertz CT molecular complexity index is 226. The van der Waals surface area contributed by atoms with Gasteiger partial charge in [-0.25, -0.2) is 0 Å². The second kappa shape index (κ2) is 8.05. The molecular formula is C9H14Cl2N2. The van der Waals surface area contributed by atoms with Gasteiger partial charge in [-0.2, -0.15) is 0 Å². The molecule has 0 aliphatic heterocycles. The van der Waals surface area contributed by atoms with Crippen molar-refractivity contribution in [3.63, 3.8) is 0 Å². The van der Waals surface area contributed by atoms with Gasteiger partial charge in [-0.3, -0.25) is 4.98 Å². The molecule has 0 bridgehead atoms. The molecule has 0 aromatic carbocycles. The zero-order valence-corrected chi connectivity index (χ0v) is 8.85. The predicted molar refractivity (Wildman–Crippen MR) is 60.5 cm³/mol. The highest BCUT2D eigenvalue weighted by Gasteiger charge is 2.00. The summed E-state index contributed by atoms with van der Waals surface area (Å²) in [6, 6.07) is 3.91. The lowest BCUT2D eigenvalue weighted by Gasteiger charge is -2.07. The van der Waals surface area contributed by atoms with Crippen molar-refractivity contribution in [2.75, 3.05) is 0 Å². The molecule has 74 valence electrons. The van der Waals surface area contributed by atoms with Crippen molar-refractivity contribution in [1.82, 2.24) is 4.98 Å². The number of aromatic nitrogens is 1. The minimum Gasteiger partial charge on any atom is -0.324 e. The highest BCUT2D eigenvalue weighted by Crippen LogP contribution is 2.11. The summed E-state index contributed by atoms with van der Waals surface area (Å²) in [7, 11) is 0. The van der Waals surface area contributed by atoms with Gasteiger partial charge in [-0.15, -0.1) is 31.4 Å². The molecule has 0 saturated carbocycles. The van der Waals surface area contributed by atoms with Crippen molar-refractivity contribution in [3.05, 3.63) is 42.7 Å². The van der Waals surface area contributed by atoms with E-state index in [0.717, 1.165) is 12.0 Å². The van der Waals surface area contributed by atoms with Crippen LogP contribution in [0.1, 0.15) is 18.0 Å².